The Morgan fingerprint density at radius 3 is 2.80 bits per heavy atom. The highest BCUT2D eigenvalue weighted by molar-refractivity contribution is 6.30. The number of carbonyl (C=O) groups excluding carboxylic acids is 1. The lowest BCUT2D eigenvalue weighted by molar-refractivity contribution is -0.121. The van der Waals surface area contributed by atoms with E-state index < -0.39 is 0 Å². The molecule has 6 nitrogen and oxygen atoms in total. The largest absolute Gasteiger partial charge is 0.352 e. The second kappa shape index (κ2) is 6.56. The van der Waals surface area contributed by atoms with E-state index >= 15 is 0 Å². The van der Waals surface area contributed by atoms with Crippen LogP contribution < -0.4 is 5.32 Å². The number of rotatable bonds is 6. The van der Waals surface area contributed by atoms with E-state index in [1.807, 2.05) is 18.5 Å². The maximum absolute atomic E-state index is 11.8. The highest BCUT2D eigenvalue weighted by Gasteiger charge is 2.07. The Kier molecular flexibility index (Phi) is 4.79. The van der Waals surface area contributed by atoms with Gasteiger partial charge in [0.05, 0.1) is 17.4 Å². The standard InChI is InChI=1S/C13H18ClN5O/c1-3-19-10(2)11(7-17-19)6-15-13(20)4-5-18-9-12(14)8-16-18/h7-9H,3-6H2,1-2H3,(H,15,20). The van der Waals surface area contributed by atoms with Gasteiger partial charge in [-0.25, -0.2) is 0 Å². The molecule has 0 bridgehead atoms. The number of nitrogens with zero attached hydrogens (tertiary/aromatic N) is 4. The van der Waals surface area contributed by atoms with Crippen molar-refractivity contribution in [1.82, 2.24) is 24.9 Å². The molecule has 0 aliphatic rings. The molecule has 1 N–H and O–H groups in total. The van der Waals surface area contributed by atoms with E-state index in [4.69, 9.17) is 11.6 Å². The Hall–Kier alpha value is -1.82. The monoisotopic (exact) mass is 295 g/mol. The minimum atomic E-state index is -0.0136. The fourth-order valence-electron chi connectivity index (χ4n) is 1.94. The van der Waals surface area contributed by atoms with Gasteiger partial charge >= 0.3 is 0 Å². The minimum Gasteiger partial charge on any atom is -0.352 e. The number of aromatic nitrogens is 4. The first kappa shape index (κ1) is 14.6. The van der Waals surface area contributed by atoms with E-state index in [9.17, 15) is 4.79 Å². The number of hydrogen-bond donors (Lipinski definition) is 1. The molecule has 1 amide bonds. The second-order valence-corrected chi connectivity index (χ2v) is 4.96. The van der Waals surface area contributed by atoms with Crippen molar-refractivity contribution in [2.75, 3.05) is 0 Å². The Bertz CT molecular complexity index is 589. The third kappa shape index (κ3) is 3.60. The third-order valence-electron chi connectivity index (χ3n) is 3.15. The van der Waals surface area contributed by atoms with Gasteiger partial charge in [0.1, 0.15) is 0 Å². The fraction of sp³-hybridized carbons (Fsp3) is 0.462. The molecule has 7 heteroatoms. The molecule has 20 heavy (non-hydrogen) atoms. The maximum atomic E-state index is 11.8. The summed E-state index contributed by atoms with van der Waals surface area (Å²) in [6, 6.07) is 0. The Balaban J connectivity index is 1.78. The smallest absolute Gasteiger partial charge is 0.222 e. The molecule has 0 aliphatic heterocycles. The zero-order valence-corrected chi connectivity index (χ0v) is 12.4. The summed E-state index contributed by atoms with van der Waals surface area (Å²) in [5.41, 5.74) is 2.13. The van der Waals surface area contributed by atoms with Crippen LogP contribution >= 0.6 is 11.6 Å². The van der Waals surface area contributed by atoms with Crippen molar-refractivity contribution in [2.24, 2.45) is 0 Å². The van der Waals surface area contributed by atoms with Gasteiger partial charge < -0.3 is 5.32 Å². The summed E-state index contributed by atoms with van der Waals surface area (Å²) >= 11 is 5.76. The van der Waals surface area contributed by atoms with Crippen molar-refractivity contribution in [1.29, 1.82) is 0 Å². The molecule has 2 rings (SSSR count). The van der Waals surface area contributed by atoms with Gasteiger partial charge in [0, 0.05) is 43.5 Å². The van der Waals surface area contributed by atoms with Gasteiger partial charge in [0.25, 0.3) is 0 Å². The number of hydrogen-bond acceptors (Lipinski definition) is 3. The van der Waals surface area contributed by atoms with Gasteiger partial charge in [-0.15, -0.1) is 0 Å². The molecule has 0 fully saturated rings. The topological polar surface area (TPSA) is 64.7 Å². The van der Waals surface area contributed by atoms with Crippen LogP contribution in [0.1, 0.15) is 24.6 Å². The van der Waals surface area contributed by atoms with Crippen LogP contribution in [0.25, 0.3) is 0 Å². The van der Waals surface area contributed by atoms with Crippen LogP contribution in [-0.4, -0.2) is 25.5 Å². The fourth-order valence-corrected chi connectivity index (χ4v) is 2.09. The average Bonchev–Trinajstić information content (AvgIpc) is 3.00. The molecule has 2 heterocycles. The molecule has 2 aromatic heterocycles. The quantitative estimate of drug-likeness (QED) is 0.883. The van der Waals surface area contributed by atoms with E-state index in [0.717, 1.165) is 17.8 Å². The first-order chi connectivity index (χ1) is 9.60. The van der Waals surface area contributed by atoms with Gasteiger partial charge in [-0.2, -0.15) is 10.2 Å². The van der Waals surface area contributed by atoms with E-state index in [-0.39, 0.29) is 5.91 Å². The number of amides is 1. The van der Waals surface area contributed by atoms with Gasteiger partial charge in [0.15, 0.2) is 0 Å². The minimum absolute atomic E-state index is 0.0136. The summed E-state index contributed by atoms with van der Waals surface area (Å²) in [7, 11) is 0. The summed E-state index contributed by atoms with van der Waals surface area (Å²) in [4.78, 5) is 11.8. The number of nitrogens with one attached hydrogen (secondary N) is 1. The van der Waals surface area contributed by atoms with Crippen molar-refractivity contribution >= 4 is 17.5 Å². The summed E-state index contributed by atoms with van der Waals surface area (Å²) in [6.45, 7) is 5.90. The molecule has 0 saturated heterocycles. The van der Waals surface area contributed by atoms with Crippen molar-refractivity contribution in [3.05, 3.63) is 34.9 Å². The summed E-state index contributed by atoms with van der Waals surface area (Å²) in [6.07, 6.45) is 5.43. The van der Waals surface area contributed by atoms with E-state index in [1.165, 1.54) is 0 Å². The van der Waals surface area contributed by atoms with Crippen molar-refractivity contribution < 1.29 is 4.79 Å². The zero-order chi connectivity index (χ0) is 14.5. The lowest BCUT2D eigenvalue weighted by Gasteiger charge is -2.06. The summed E-state index contributed by atoms with van der Waals surface area (Å²) < 4.78 is 3.56. The van der Waals surface area contributed by atoms with Crippen LogP contribution in [0.4, 0.5) is 0 Å². The summed E-state index contributed by atoms with van der Waals surface area (Å²) in [5.74, 6) is -0.0136. The lowest BCUT2D eigenvalue weighted by Crippen LogP contribution is -2.24. The third-order valence-corrected chi connectivity index (χ3v) is 3.35. The first-order valence-electron chi connectivity index (χ1n) is 6.56. The second-order valence-electron chi connectivity index (χ2n) is 4.52. The maximum Gasteiger partial charge on any atom is 0.222 e. The molecule has 0 unspecified atom stereocenters. The van der Waals surface area contributed by atoms with Crippen molar-refractivity contribution in [2.45, 2.75) is 39.9 Å². The Morgan fingerprint density at radius 1 is 1.40 bits per heavy atom. The molecule has 0 aromatic carbocycles. The lowest BCUT2D eigenvalue weighted by atomic mass is 10.2. The highest BCUT2D eigenvalue weighted by atomic mass is 35.5. The van der Waals surface area contributed by atoms with Gasteiger partial charge in [0.2, 0.25) is 5.91 Å². The first-order valence-corrected chi connectivity index (χ1v) is 6.94. The van der Waals surface area contributed by atoms with E-state index in [2.05, 4.69) is 15.5 Å². The molecule has 2 aromatic rings. The molecule has 0 aliphatic carbocycles. The van der Waals surface area contributed by atoms with Crippen molar-refractivity contribution in [3.8, 4) is 0 Å². The molecular formula is C13H18ClN5O. The van der Waals surface area contributed by atoms with E-state index in [0.29, 0.717) is 24.5 Å². The van der Waals surface area contributed by atoms with Gasteiger partial charge in [-0.3, -0.25) is 14.2 Å². The van der Waals surface area contributed by atoms with Crippen molar-refractivity contribution in [3.63, 3.8) is 0 Å². The predicted octanol–water partition coefficient (Wildman–Crippen LogP) is 1.77. The molecule has 0 saturated carbocycles. The predicted molar refractivity (Wildman–Crippen MR) is 76.3 cm³/mol. The number of carbonyl (C=O) groups is 1. The SMILES string of the molecule is CCn1ncc(CNC(=O)CCn2cc(Cl)cn2)c1C. The van der Waals surface area contributed by atoms with Crippen LogP contribution in [-0.2, 0) is 24.4 Å². The molecule has 0 radical (unpaired) electrons. The van der Waals surface area contributed by atoms with Gasteiger partial charge in [-0.05, 0) is 13.8 Å². The van der Waals surface area contributed by atoms with Crippen LogP contribution in [0, 0.1) is 6.92 Å². The highest BCUT2D eigenvalue weighted by Crippen LogP contribution is 2.07. The molecule has 108 valence electrons. The van der Waals surface area contributed by atoms with E-state index in [1.54, 1.807) is 23.3 Å². The Labute approximate surface area is 122 Å². The van der Waals surface area contributed by atoms with Crippen LogP contribution in [0.3, 0.4) is 0 Å². The van der Waals surface area contributed by atoms with Gasteiger partial charge in [-0.1, -0.05) is 11.6 Å². The Morgan fingerprint density at radius 2 is 2.20 bits per heavy atom. The van der Waals surface area contributed by atoms with Crippen LogP contribution in [0.15, 0.2) is 18.6 Å². The molecule has 0 atom stereocenters. The zero-order valence-electron chi connectivity index (χ0n) is 11.6. The summed E-state index contributed by atoms with van der Waals surface area (Å²) in [5, 5.41) is 11.7. The average molecular weight is 296 g/mol. The number of aryl methyl sites for hydroxylation is 2. The normalized spacial score (nSPS) is 10.8. The molecular weight excluding hydrogens is 278 g/mol. The van der Waals surface area contributed by atoms with Crippen LogP contribution in [0.5, 0.6) is 0 Å². The molecule has 0 spiro atoms. The van der Waals surface area contributed by atoms with Crippen LogP contribution in [0.2, 0.25) is 5.02 Å². The number of halogens is 1.